The summed E-state index contributed by atoms with van der Waals surface area (Å²) >= 11 is 5.95. The molecular weight excluding hydrogens is 494 g/mol. The summed E-state index contributed by atoms with van der Waals surface area (Å²) in [6, 6.07) is 21.7. The molecule has 1 amide bonds. The van der Waals surface area contributed by atoms with Gasteiger partial charge in [-0.3, -0.25) is 9.78 Å². The number of anilines is 2. The van der Waals surface area contributed by atoms with E-state index in [9.17, 15) is 4.79 Å². The van der Waals surface area contributed by atoms with Crippen LogP contribution in [0.1, 0.15) is 47.2 Å². The minimum Gasteiger partial charge on any atom is -0.495 e. The first-order valence-corrected chi connectivity index (χ1v) is 12.9. The molecule has 8 heteroatoms. The normalized spacial score (nSPS) is 16.9. The Balaban J connectivity index is 1.72. The maximum atomic E-state index is 11.9. The first-order chi connectivity index (χ1) is 18.3. The molecule has 0 saturated carbocycles. The number of nitrogens with one attached hydrogen (secondary N) is 2. The quantitative estimate of drug-likeness (QED) is 0.304. The van der Waals surface area contributed by atoms with Crippen molar-refractivity contribution in [2.45, 2.75) is 39.8 Å². The van der Waals surface area contributed by atoms with Crippen molar-refractivity contribution >= 4 is 34.6 Å². The third-order valence-corrected chi connectivity index (χ3v) is 7.50. The van der Waals surface area contributed by atoms with Crippen LogP contribution in [0.3, 0.4) is 0 Å². The number of aromatic nitrogens is 2. The SMILES string of the molecule is COc1ccc(N2C(=S)N[C@@H](c3ccccn3)[C@H]2c2c(C)c(C)n(-c3ccccc3)c2C)cc1NC(C)=O. The second kappa shape index (κ2) is 10.3. The highest BCUT2D eigenvalue weighted by molar-refractivity contribution is 7.80. The monoisotopic (exact) mass is 525 g/mol. The molecule has 1 saturated heterocycles. The average molecular weight is 526 g/mol. The fourth-order valence-corrected chi connectivity index (χ4v) is 5.81. The van der Waals surface area contributed by atoms with Gasteiger partial charge in [-0.2, -0.15) is 0 Å². The second-order valence-electron chi connectivity index (χ2n) is 9.44. The molecule has 1 aliphatic heterocycles. The van der Waals surface area contributed by atoms with Crippen LogP contribution in [0, 0.1) is 20.8 Å². The van der Waals surface area contributed by atoms with Crippen molar-refractivity contribution in [2.75, 3.05) is 17.3 Å². The third kappa shape index (κ3) is 4.41. The van der Waals surface area contributed by atoms with E-state index in [4.69, 9.17) is 21.9 Å². The van der Waals surface area contributed by atoms with Crippen LogP contribution >= 0.6 is 12.2 Å². The number of para-hydroxylation sites is 1. The van der Waals surface area contributed by atoms with E-state index in [0.29, 0.717) is 16.5 Å². The maximum Gasteiger partial charge on any atom is 0.221 e. The fourth-order valence-electron chi connectivity index (χ4n) is 5.47. The van der Waals surface area contributed by atoms with E-state index in [-0.39, 0.29) is 18.0 Å². The van der Waals surface area contributed by atoms with Crippen LogP contribution in [0.4, 0.5) is 11.4 Å². The van der Waals surface area contributed by atoms with Crippen molar-refractivity contribution in [1.29, 1.82) is 0 Å². The standard InChI is InChI=1S/C30H31N5O2S/c1-18-19(2)34(22-11-7-6-8-12-22)20(3)27(18)29-28(24-13-9-10-16-31-24)33-30(38)35(29)23-14-15-26(37-5)25(17-23)32-21(4)36/h6-17,28-29H,1-5H3,(H,32,36)(H,33,38)/t28-,29+/m0/s1. The Kier molecular flexibility index (Phi) is 6.91. The van der Waals surface area contributed by atoms with E-state index in [1.54, 1.807) is 7.11 Å². The number of ether oxygens (including phenoxy) is 1. The molecule has 1 fully saturated rings. The number of benzene rings is 2. The summed E-state index contributed by atoms with van der Waals surface area (Å²) in [7, 11) is 1.59. The van der Waals surface area contributed by atoms with Gasteiger partial charge in [-0.15, -0.1) is 0 Å². The van der Waals surface area contributed by atoms with Crippen molar-refractivity contribution in [1.82, 2.24) is 14.9 Å². The van der Waals surface area contributed by atoms with E-state index < -0.39 is 0 Å². The number of hydrogen-bond acceptors (Lipinski definition) is 4. The molecule has 2 aromatic heterocycles. The van der Waals surface area contributed by atoms with Gasteiger partial charge in [-0.25, -0.2) is 0 Å². The molecule has 0 spiro atoms. The van der Waals surface area contributed by atoms with E-state index in [1.165, 1.54) is 23.7 Å². The van der Waals surface area contributed by atoms with Gasteiger partial charge in [0.1, 0.15) is 5.75 Å². The lowest BCUT2D eigenvalue weighted by Crippen LogP contribution is -2.30. The van der Waals surface area contributed by atoms with Crippen LogP contribution in [-0.2, 0) is 4.79 Å². The highest BCUT2D eigenvalue weighted by Gasteiger charge is 2.43. The van der Waals surface area contributed by atoms with Gasteiger partial charge in [-0.05, 0) is 81.0 Å². The van der Waals surface area contributed by atoms with Gasteiger partial charge in [0, 0.05) is 41.4 Å². The summed E-state index contributed by atoms with van der Waals surface area (Å²) in [5.41, 5.74) is 8.16. The molecule has 194 valence electrons. The van der Waals surface area contributed by atoms with Gasteiger partial charge in [0.2, 0.25) is 5.91 Å². The minimum absolute atomic E-state index is 0.173. The van der Waals surface area contributed by atoms with Gasteiger partial charge >= 0.3 is 0 Å². The number of amides is 1. The summed E-state index contributed by atoms with van der Waals surface area (Å²) in [4.78, 5) is 18.8. The van der Waals surface area contributed by atoms with Gasteiger partial charge in [0.15, 0.2) is 5.11 Å². The molecule has 5 rings (SSSR count). The largest absolute Gasteiger partial charge is 0.495 e. The lowest BCUT2D eigenvalue weighted by atomic mass is 9.93. The Morgan fingerprint density at radius 2 is 1.74 bits per heavy atom. The summed E-state index contributed by atoms with van der Waals surface area (Å²) in [5, 5.41) is 7.02. The molecule has 2 atom stereocenters. The van der Waals surface area contributed by atoms with Gasteiger partial charge in [-0.1, -0.05) is 24.3 Å². The van der Waals surface area contributed by atoms with Crippen LogP contribution < -0.4 is 20.3 Å². The number of carbonyl (C=O) groups is 1. The second-order valence-corrected chi connectivity index (χ2v) is 9.83. The molecule has 0 aliphatic carbocycles. The number of hydrogen-bond donors (Lipinski definition) is 2. The molecule has 7 nitrogen and oxygen atoms in total. The first-order valence-electron chi connectivity index (χ1n) is 12.5. The summed E-state index contributed by atoms with van der Waals surface area (Å²) in [6.45, 7) is 7.97. The van der Waals surface area contributed by atoms with E-state index in [0.717, 1.165) is 22.8 Å². The number of thiocarbonyl (C=S) groups is 1. The molecule has 3 heterocycles. The molecule has 0 unspecified atom stereocenters. The van der Waals surface area contributed by atoms with E-state index in [1.807, 2.05) is 48.7 Å². The van der Waals surface area contributed by atoms with Crippen molar-refractivity contribution < 1.29 is 9.53 Å². The lowest BCUT2D eigenvalue weighted by Gasteiger charge is -2.29. The molecule has 0 radical (unpaired) electrons. The molecule has 1 aliphatic rings. The maximum absolute atomic E-state index is 11.9. The molecule has 2 N–H and O–H groups in total. The highest BCUT2D eigenvalue weighted by atomic mass is 32.1. The predicted octanol–water partition coefficient (Wildman–Crippen LogP) is 5.94. The minimum atomic E-state index is -0.182. The van der Waals surface area contributed by atoms with Gasteiger partial charge in [0.05, 0.1) is 30.6 Å². The number of pyridine rings is 1. The number of methoxy groups -OCH3 is 1. The highest BCUT2D eigenvalue weighted by Crippen LogP contribution is 2.46. The molecule has 4 aromatic rings. The Hall–Kier alpha value is -4.17. The van der Waals surface area contributed by atoms with Crippen LogP contribution in [0.5, 0.6) is 5.75 Å². The predicted molar refractivity (Wildman–Crippen MR) is 155 cm³/mol. The van der Waals surface area contributed by atoms with Crippen LogP contribution in [0.15, 0.2) is 72.9 Å². The lowest BCUT2D eigenvalue weighted by molar-refractivity contribution is -0.114. The van der Waals surface area contributed by atoms with Crippen molar-refractivity contribution in [3.8, 4) is 11.4 Å². The van der Waals surface area contributed by atoms with Crippen LogP contribution in [0.2, 0.25) is 0 Å². The fraction of sp³-hybridized carbons (Fsp3) is 0.233. The Bertz CT molecular complexity index is 1500. The molecule has 38 heavy (non-hydrogen) atoms. The van der Waals surface area contributed by atoms with Gasteiger partial charge < -0.3 is 24.8 Å². The molecule has 0 bridgehead atoms. The summed E-state index contributed by atoms with van der Waals surface area (Å²) in [6.07, 6.45) is 1.81. The summed E-state index contributed by atoms with van der Waals surface area (Å²) < 4.78 is 7.81. The summed E-state index contributed by atoms with van der Waals surface area (Å²) in [5.74, 6) is 0.408. The number of rotatable bonds is 6. The number of nitrogens with zero attached hydrogens (tertiary/aromatic N) is 3. The Morgan fingerprint density at radius 1 is 1.00 bits per heavy atom. The Labute approximate surface area is 228 Å². The van der Waals surface area contributed by atoms with Crippen molar-refractivity contribution in [3.05, 3.63) is 101 Å². The van der Waals surface area contributed by atoms with Crippen molar-refractivity contribution in [2.24, 2.45) is 0 Å². The Morgan fingerprint density at radius 3 is 2.39 bits per heavy atom. The molecular formula is C30H31N5O2S. The average Bonchev–Trinajstić information content (AvgIpc) is 3.36. The van der Waals surface area contributed by atoms with E-state index in [2.05, 4.69) is 65.1 Å². The van der Waals surface area contributed by atoms with E-state index >= 15 is 0 Å². The number of carbonyl (C=O) groups excluding carboxylic acids is 1. The third-order valence-electron chi connectivity index (χ3n) is 7.19. The first kappa shape index (κ1) is 25.5. The van der Waals surface area contributed by atoms with Crippen LogP contribution in [-0.4, -0.2) is 27.7 Å². The van der Waals surface area contributed by atoms with Gasteiger partial charge in [0.25, 0.3) is 0 Å². The topological polar surface area (TPSA) is 71.4 Å². The van der Waals surface area contributed by atoms with Crippen molar-refractivity contribution in [3.63, 3.8) is 0 Å². The smallest absolute Gasteiger partial charge is 0.221 e. The zero-order valence-corrected chi connectivity index (χ0v) is 23.0. The molecule has 2 aromatic carbocycles. The zero-order valence-electron chi connectivity index (χ0n) is 22.1. The zero-order chi connectivity index (χ0) is 27.0. The van der Waals surface area contributed by atoms with Crippen LogP contribution in [0.25, 0.3) is 5.69 Å².